The third kappa shape index (κ3) is 17.4. The van der Waals surface area contributed by atoms with E-state index in [-0.39, 0.29) is 35.3 Å². The molecule has 1 aromatic rings. The number of rotatable bonds is 20. The molecule has 0 aliphatic carbocycles. The Hall–Kier alpha value is -0.0700. The standard InChI is InChI=1S/C26H46O4S.Na/c1-3-5-7-9-11-13-17-24-19-20-26(30-21-15-16-22-31(27,28)29)25(23-24)18-14-12-10-8-6-4-2;/h19-20,23H,3-18,21-22H2,1-2H3,(H,27,28,29);/q;+1/p-1. The Morgan fingerprint density at radius 2 is 1.31 bits per heavy atom. The van der Waals surface area contributed by atoms with Crippen LogP contribution in [0, 0.1) is 0 Å². The molecule has 0 aromatic heterocycles. The molecule has 0 aliphatic rings. The largest absolute Gasteiger partial charge is 1.00 e. The van der Waals surface area contributed by atoms with Crippen molar-refractivity contribution in [1.29, 1.82) is 0 Å². The summed E-state index contributed by atoms with van der Waals surface area (Å²) in [5, 5.41) is 0. The van der Waals surface area contributed by atoms with Gasteiger partial charge in [0.1, 0.15) is 5.75 Å². The van der Waals surface area contributed by atoms with Gasteiger partial charge >= 0.3 is 29.6 Å². The minimum Gasteiger partial charge on any atom is -0.748 e. The zero-order chi connectivity index (χ0) is 22.8. The van der Waals surface area contributed by atoms with Crippen molar-refractivity contribution in [3.05, 3.63) is 29.3 Å². The summed E-state index contributed by atoms with van der Waals surface area (Å²) < 4.78 is 38.2. The van der Waals surface area contributed by atoms with Gasteiger partial charge in [-0.15, -0.1) is 0 Å². The van der Waals surface area contributed by atoms with Crippen LogP contribution in [0.25, 0.3) is 0 Å². The van der Waals surface area contributed by atoms with Crippen molar-refractivity contribution in [2.75, 3.05) is 12.4 Å². The fourth-order valence-electron chi connectivity index (χ4n) is 3.89. The molecule has 1 aromatic carbocycles. The zero-order valence-corrected chi connectivity index (χ0v) is 23.8. The molecule has 0 fully saturated rings. The number of hydrogen-bond donors (Lipinski definition) is 0. The van der Waals surface area contributed by atoms with Gasteiger partial charge in [0.25, 0.3) is 0 Å². The van der Waals surface area contributed by atoms with Crippen LogP contribution in [-0.4, -0.2) is 25.3 Å². The SMILES string of the molecule is CCCCCCCCc1ccc(OCCCCS(=O)(=O)[O-])c(CCCCCCCC)c1.[Na+]. The molecule has 1 rings (SSSR count). The third-order valence-electron chi connectivity index (χ3n) is 5.79. The predicted molar refractivity (Wildman–Crippen MR) is 130 cm³/mol. The molecule has 6 heteroatoms. The normalized spacial score (nSPS) is 11.3. The molecule has 0 N–H and O–H groups in total. The fraction of sp³-hybridized carbons (Fsp3) is 0.769. The summed E-state index contributed by atoms with van der Waals surface area (Å²) in [6.45, 7) is 4.95. The molecular formula is C26H45NaO4S. The Morgan fingerprint density at radius 1 is 0.750 bits per heavy atom. The van der Waals surface area contributed by atoms with E-state index in [1.54, 1.807) is 0 Å². The first kappa shape index (κ1) is 31.9. The van der Waals surface area contributed by atoms with Crippen molar-refractivity contribution in [2.45, 2.75) is 117 Å². The summed E-state index contributed by atoms with van der Waals surface area (Å²) in [5.74, 6) is 0.614. The topological polar surface area (TPSA) is 66.4 Å². The minimum atomic E-state index is -4.13. The first-order valence-corrected chi connectivity index (χ1v) is 14.2. The van der Waals surface area contributed by atoms with Gasteiger partial charge in [-0.2, -0.15) is 0 Å². The average molecular weight is 477 g/mol. The Balaban J connectivity index is 0.00000961. The molecule has 4 nitrogen and oxygen atoms in total. The van der Waals surface area contributed by atoms with Crippen LogP contribution in [0.2, 0.25) is 0 Å². The van der Waals surface area contributed by atoms with Crippen molar-refractivity contribution >= 4 is 10.1 Å². The second-order valence-electron chi connectivity index (χ2n) is 8.79. The van der Waals surface area contributed by atoms with Crippen molar-refractivity contribution in [2.24, 2.45) is 0 Å². The molecule has 32 heavy (non-hydrogen) atoms. The molecule has 0 radical (unpaired) electrons. The molecule has 0 saturated heterocycles. The van der Waals surface area contributed by atoms with Gasteiger partial charge in [-0.25, -0.2) is 8.42 Å². The quantitative estimate of drug-likeness (QED) is 0.161. The molecule has 0 aliphatic heterocycles. The van der Waals surface area contributed by atoms with E-state index in [2.05, 4.69) is 32.0 Å². The van der Waals surface area contributed by atoms with Crippen LogP contribution in [0.1, 0.15) is 115 Å². The van der Waals surface area contributed by atoms with Gasteiger partial charge in [-0.05, 0) is 55.7 Å². The monoisotopic (exact) mass is 476 g/mol. The van der Waals surface area contributed by atoms with Gasteiger partial charge in [0.05, 0.1) is 16.7 Å². The molecule has 0 amide bonds. The number of benzene rings is 1. The summed E-state index contributed by atoms with van der Waals surface area (Å²) in [6, 6.07) is 6.58. The second-order valence-corrected chi connectivity index (χ2v) is 10.3. The summed E-state index contributed by atoms with van der Waals surface area (Å²) in [6.07, 6.45) is 18.6. The van der Waals surface area contributed by atoms with Crippen LogP contribution < -0.4 is 34.3 Å². The predicted octanol–water partition coefficient (Wildman–Crippen LogP) is 4.20. The van der Waals surface area contributed by atoms with E-state index in [1.165, 1.54) is 88.2 Å². The van der Waals surface area contributed by atoms with Crippen LogP contribution in [0.5, 0.6) is 5.75 Å². The molecule has 0 spiro atoms. The van der Waals surface area contributed by atoms with E-state index in [9.17, 15) is 13.0 Å². The maximum atomic E-state index is 10.7. The van der Waals surface area contributed by atoms with Crippen LogP contribution in [0.3, 0.4) is 0 Å². The van der Waals surface area contributed by atoms with Crippen LogP contribution in [0.15, 0.2) is 18.2 Å². The van der Waals surface area contributed by atoms with Crippen LogP contribution in [0.4, 0.5) is 0 Å². The summed E-state index contributed by atoms with van der Waals surface area (Å²) in [7, 11) is -4.13. The summed E-state index contributed by atoms with van der Waals surface area (Å²) >= 11 is 0. The molecule has 0 saturated carbocycles. The van der Waals surface area contributed by atoms with Crippen molar-refractivity contribution in [3.63, 3.8) is 0 Å². The van der Waals surface area contributed by atoms with Gasteiger partial charge in [-0.3, -0.25) is 0 Å². The van der Waals surface area contributed by atoms with Crippen molar-refractivity contribution < 1.29 is 47.3 Å². The van der Waals surface area contributed by atoms with E-state index in [0.717, 1.165) is 18.6 Å². The molecule has 0 bridgehead atoms. The number of aryl methyl sites for hydroxylation is 2. The van der Waals surface area contributed by atoms with E-state index < -0.39 is 10.1 Å². The zero-order valence-electron chi connectivity index (χ0n) is 21.0. The fourth-order valence-corrected chi connectivity index (χ4v) is 4.45. The average Bonchev–Trinajstić information content (AvgIpc) is 2.73. The number of unbranched alkanes of at least 4 members (excludes halogenated alkanes) is 11. The Labute approximate surface area is 220 Å². The maximum absolute atomic E-state index is 10.7. The van der Waals surface area contributed by atoms with Gasteiger partial charge in [-0.1, -0.05) is 90.2 Å². The van der Waals surface area contributed by atoms with Crippen molar-refractivity contribution in [3.8, 4) is 5.75 Å². The molecule has 0 unspecified atom stereocenters. The smallest absolute Gasteiger partial charge is 0.748 e. The molecule has 0 atom stereocenters. The third-order valence-corrected chi connectivity index (χ3v) is 6.58. The number of ether oxygens (including phenoxy) is 1. The second kappa shape index (κ2) is 20.3. The van der Waals surface area contributed by atoms with Gasteiger partial charge in [0.15, 0.2) is 0 Å². The number of hydrogen-bond acceptors (Lipinski definition) is 4. The van der Waals surface area contributed by atoms with Gasteiger partial charge < -0.3 is 9.29 Å². The van der Waals surface area contributed by atoms with Crippen LogP contribution in [-0.2, 0) is 23.0 Å². The van der Waals surface area contributed by atoms with E-state index in [0.29, 0.717) is 19.4 Å². The van der Waals surface area contributed by atoms with Crippen LogP contribution >= 0.6 is 0 Å². The first-order valence-electron chi connectivity index (χ1n) is 12.6. The minimum absolute atomic E-state index is 0. The van der Waals surface area contributed by atoms with E-state index in [1.807, 2.05) is 0 Å². The Kier molecular flexibility index (Phi) is 20.3. The summed E-state index contributed by atoms with van der Waals surface area (Å²) in [4.78, 5) is 0. The van der Waals surface area contributed by atoms with Gasteiger partial charge in [0, 0.05) is 5.75 Å². The first-order chi connectivity index (χ1) is 15.0. The molecule has 0 heterocycles. The Morgan fingerprint density at radius 3 is 1.91 bits per heavy atom. The Bertz CT molecular complexity index is 676. The summed E-state index contributed by atoms with van der Waals surface area (Å²) in [5.41, 5.74) is 2.66. The molecule has 180 valence electrons. The maximum Gasteiger partial charge on any atom is 1.00 e. The van der Waals surface area contributed by atoms with E-state index in [4.69, 9.17) is 4.74 Å². The van der Waals surface area contributed by atoms with E-state index >= 15 is 0 Å². The molecular weight excluding hydrogens is 431 g/mol. The van der Waals surface area contributed by atoms with Gasteiger partial charge in [0.2, 0.25) is 0 Å². The van der Waals surface area contributed by atoms with Crippen molar-refractivity contribution in [1.82, 2.24) is 0 Å².